The predicted molar refractivity (Wildman–Crippen MR) is 143 cm³/mol. The van der Waals surface area contributed by atoms with Crippen LogP contribution >= 0.6 is 11.6 Å². The number of aromatic nitrogens is 4. The Morgan fingerprint density at radius 1 is 0.917 bits per heavy atom. The summed E-state index contributed by atoms with van der Waals surface area (Å²) in [6, 6.07) is 10.4. The molecule has 3 fully saturated rings. The highest BCUT2D eigenvalue weighted by Crippen LogP contribution is 2.32. The highest BCUT2D eigenvalue weighted by molar-refractivity contribution is 6.32. The Hall–Kier alpha value is -2.75. The van der Waals surface area contributed by atoms with E-state index >= 15 is 0 Å². The zero-order valence-corrected chi connectivity index (χ0v) is 21.3. The van der Waals surface area contributed by atoms with E-state index in [4.69, 9.17) is 36.3 Å². The van der Waals surface area contributed by atoms with Gasteiger partial charge in [-0.1, -0.05) is 41.9 Å². The Kier molecular flexibility index (Phi) is 7.03. The summed E-state index contributed by atoms with van der Waals surface area (Å²) in [4.78, 5) is 24.0. The van der Waals surface area contributed by atoms with E-state index in [0.717, 1.165) is 83.1 Å². The highest BCUT2D eigenvalue weighted by Gasteiger charge is 2.30. The van der Waals surface area contributed by atoms with Crippen LogP contribution in [0.4, 0.5) is 17.6 Å². The molecular formula is C26H33ClN8O. The molecule has 0 radical (unpaired) electrons. The molecule has 0 spiro atoms. The van der Waals surface area contributed by atoms with Crippen molar-refractivity contribution < 1.29 is 4.74 Å². The van der Waals surface area contributed by atoms with Gasteiger partial charge >= 0.3 is 0 Å². The molecule has 190 valence electrons. The van der Waals surface area contributed by atoms with E-state index in [9.17, 15) is 0 Å². The topological polar surface area (TPSA) is 91.3 Å². The third kappa shape index (κ3) is 5.05. The van der Waals surface area contributed by atoms with Crippen LogP contribution in [0, 0.1) is 0 Å². The van der Waals surface area contributed by atoms with Crippen LogP contribution in [0.25, 0.3) is 11.2 Å². The number of benzene rings is 1. The molecule has 1 aliphatic carbocycles. The van der Waals surface area contributed by atoms with E-state index < -0.39 is 0 Å². The standard InChI is InChI=1S/C26H33ClN8O/c27-22-24(29-19-9-6-10-20(19)36-17-18-7-2-1-3-8-18)31-23-21(30-22)25(34-13-4-5-14-34)33-26(32-23)35-15-11-28-12-16-35/h1-3,7-8,19-20,28H,4-6,9-17H2,(H,29,31,32,33)/t19-,20-/m1/s1. The first-order valence-corrected chi connectivity index (χ1v) is 13.5. The Bertz CT molecular complexity index is 1180. The van der Waals surface area contributed by atoms with E-state index in [1.165, 1.54) is 5.56 Å². The van der Waals surface area contributed by atoms with Crippen LogP contribution in [-0.2, 0) is 11.3 Å². The summed E-state index contributed by atoms with van der Waals surface area (Å²) >= 11 is 6.70. The molecule has 3 aromatic rings. The number of hydrogen-bond acceptors (Lipinski definition) is 9. The van der Waals surface area contributed by atoms with Crippen LogP contribution < -0.4 is 20.4 Å². The largest absolute Gasteiger partial charge is 0.371 e. The number of fused-ring (bicyclic) bond motifs is 1. The number of nitrogens with one attached hydrogen (secondary N) is 2. The van der Waals surface area contributed by atoms with Gasteiger partial charge in [0.2, 0.25) is 5.95 Å². The number of anilines is 3. The fourth-order valence-corrected chi connectivity index (χ4v) is 5.57. The van der Waals surface area contributed by atoms with Crippen molar-refractivity contribution in [3.63, 3.8) is 0 Å². The van der Waals surface area contributed by atoms with Crippen molar-refractivity contribution in [2.24, 2.45) is 0 Å². The summed E-state index contributed by atoms with van der Waals surface area (Å²) in [6.45, 7) is 6.13. The van der Waals surface area contributed by atoms with Crippen LogP contribution in [0.2, 0.25) is 5.15 Å². The maximum atomic E-state index is 6.70. The van der Waals surface area contributed by atoms with Gasteiger partial charge < -0.3 is 25.2 Å². The minimum atomic E-state index is 0.0979. The van der Waals surface area contributed by atoms with Crippen LogP contribution in [0.3, 0.4) is 0 Å². The molecule has 4 heterocycles. The first-order chi connectivity index (χ1) is 17.7. The maximum Gasteiger partial charge on any atom is 0.229 e. The van der Waals surface area contributed by atoms with Gasteiger partial charge in [0.15, 0.2) is 28.0 Å². The second kappa shape index (κ2) is 10.7. The number of nitrogens with zero attached hydrogens (tertiary/aromatic N) is 6. The molecule has 0 amide bonds. The fourth-order valence-electron chi connectivity index (χ4n) is 5.39. The van der Waals surface area contributed by atoms with E-state index in [2.05, 4.69) is 32.6 Å². The van der Waals surface area contributed by atoms with Gasteiger partial charge in [-0.25, -0.2) is 9.97 Å². The van der Waals surface area contributed by atoms with Crippen molar-refractivity contribution in [3.05, 3.63) is 41.0 Å². The normalized spacial score (nSPS) is 22.5. The predicted octanol–water partition coefficient (Wildman–Crippen LogP) is 3.63. The minimum Gasteiger partial charge on any atom is -0.371 e. The number of ether oxygens (including phenoxy) is 1. The Balaban J connectivity index is 1.27. The van der Waals surface area contributed by atoms with Crippen molar-refractivity contribution in [2.45, 2.75) is 50.9 Å². The van der Waals surface area contributed by atoms with E-state index in [1.807, 2.05) is 18.2 Å². The molecule has 6 rings (SSSR count). The number of rotatable bonds is 7. The van der Waals surface area contributed by atoms with Crippen LogP contribution in [0.5, 0.6) is 0 Å². The molecule has 10 heteroatoms. The lowest BCUT2D eigenvalue weighted by Gasteiger charge is -2.29. The van der Waals surface area contributed by atoms with Crippen LogP contribution in [0.15, 0.2) is 30.3 Å². The summed E-state index contributed by atoms with van der Waals surface area (Å²) in [7, 11) is 0. The van der Waals surface area contributed by atoms with Gasteiger partial charge in [-0.05, 0) is 37.7 Å². The van der Waals surface area contributed by atoms with Gasteiger partial charge in [-0.15, -0.1) is 0 Å². The third-order valence-corrected chi connectivity index (χ3v) is 7.61. The van der Waals surface area contributed by atoms with Gasteiger partial charge in [0.25, 0.3) is 0 Å². The number of hydrogen-bond donors (Lipinski definition) is 2. The first-order valence-electron chi connectivity index (χ1n) is 13.1. The second-order valence-corrected chi connectivity index (χ2v) is 10.2. The molecule has 0 bridgehead atoms. The molecule has 1 aromatic carbocycles. The maximum absolute atomic E-state index is 6.70. The number of piperazine rings is 1. The Labute approximate surface area is 216 Å². The first kappa shape index (κ1) is 23.6. The van der Waals surface area contributed by atoms with E-state index in [1.54, 1.807) is 0 Å². The monoisotopic (exact) mass is 508 g/mol. The van der Waals surface area contributed by atoms with Crippen molar-refractivity contribution in [1.82, 2.24) is 25.3 Å². The lowest BCUT2D eigenvalue weighted by Crippen LogP contribution is -2.44. The molecule has 3 aliphatic rings. The summed E-state index contributed by atoms with van der Waals surface area (Å²) in [5.41, 5.74) is 2.44. The fraction of sp³-hybridized carbons (Fsp3) is 0.538. The third-order valence-electron chi connectivity index (χ3n) is 7.35. The average Bonchev–Trinajstić information content (AvgIpc) is 3.61. The summed E-state index contributed by atoms with van der Waals surface area (Å²) in [6.07, 6.45) is 5.52. The lowest BCUT2D eigenvalue weighted by atomic mass is 10.2. The second-order valence-electron chi connectivity index (χ2n) is 9.83. The molecular weight excluding hydrogens is 476 g/mol. The molecule has 2 saturated heterocycles. The van der Waals surface area contributed by atoms with Gasteiger partial charge in [0, 0.05) is 39.3 Å². The number of halogens is 1. The van der Waals surface area contributed by atoms with Crippen LogP contribution in [-0.4, -0.2) is 71.4 Å². The molecule has 2 N–H and O–H groups in total. The molecule has 2 aromatic heterocycles. The van der Waals surface area contributed by atoms with Gasteiger partial charge in [0.05, 0.1) is 18.8 Å². The highest BCUT2D eigenvalue weighted by atomic mass is 35.5. The zero-order valence-electron chi connectivity index (χ0n) is 20.5. The SMILES string of the molecule is Clc1nc2c(N3CCCC3)nc(N3CCNCC3)nc2nc1N[C@@H]1CCC[C@H]1OCc1ccccc1. The molecule has 1 saturated carbocycles. The molecule has 2 atom stereocenters. The van der Waals surface area contributed by atoms with E-state index in [0.29, 0.717) is 28.7 Å². The molecule has 36 heavy (non-hydrogen) atoms. The molecule has 9 nitrogen and oxygen atoms in total. The molecule has 2 aliphatic heterocycles. The average molecular weight is 509 g/mol. The van der Waals surface area contributed by atoms with Crippen molar-refractivity contribution >= 4 is 40.3 Å². The van der Waals surface area contributed by atoms with E-state index in [-0.39, 0.29) is 12.1 Å². The minimum absolute atomic E-state index is 0.0979. The summed E-state index contributed by atoms with van der Waals surface area (Å²) in [5, 5.41) is 7.30. The Morgan fingerprint density at radius 2 is 1.72 bits per heavy atom. The van der Waals surface area contributed by atoms with Gasteiger partial charge in [-0.2, -0.15) is 9.97 Å². The van der Waals surface area contributed by atoms with Crippen molar-refractivity contribution in [3.8, 4) is 0 Å². The quantitative estimate of drug-likeness (QED) is 0.496. The Morgan fingerprint density at radius 3 is 2.53 bits per heavy atom. The van der Waals surface area contributed by atoms with Crippen molar-refractivity contribution in [1.29, 1.82) is 0 Å². The van der Waals surface area contributed by atoms with Gasteiger partial charge in [0.1, 0.15) is 0 Å². The van der Waals surface area contributed by atoms with Crippen molar-refractivity contribution in [2.75, 3.05) is 54.4 Å². The zero-order chi connectivity index (χ0) is 24.3. The van der Waals surface area contributed by atoms with Gasteiger partial charge in [-0.3, -0.25) is 0 Å². The lowest BCUT2D eigenvalue weighted by molar-refractivity contribution is 0.0394. The summed E-state index contributed by atoms with van der Waals surface area (Å²) < 4.78 is 6.29. The van der Waals surface area contributed by atoms with Crippen LogP contribution in [0.1, 0.15) is 37.7 Å². The smallest absolute Gasteiger partial charge is 0.229 e. The molecule has 0 unspecified atom stereocenters. The summed E-state index contributed by atoms with van der Waals surface area (Å²) in [5.74, 6) is 2.14.